The summed E-state index contributed by atoms with van der Waals surface area (Å²) in [5, 5.41) is 0. The Labute approximate surface area is 126 Å². The van der Waals surface area contributed by atoms with Crippen molar-refractivity contribution in [1.29, 1.82) is 0 Å². The van der Waals surface area contributed by atoms with E-state index in [1.807, 2.05) is 13.0 Å². The lowest BCUT2D eigenvalue weighted by atomic mass is 10.1. The van der Waals surface area contributed by atoms with Gasteiger partial charge < -0.3 is 0 Å². The van der Waals surface area contributed by atoms with E-state index in [1.54, 1.807) is 18.2 Å². The van der Waals surface area contributed by atoms with Crippen molar-refractivity contribution in [3.05, 3.63) is 59.7 Å². The molecule has 0 saturated carbocycles. The summed E-state index contributed by atoms with van der Waals surface area (Å²) in [6, 6.07) is 10.2. The van der Waals surface area contributed by atoms with Crippen LogP contribution in [0.1, 0.15) is 18.1 Å². The Bertz CT molecular complexity index is 753. The Morgan fingerprint density at radius 2 is 1.68 bits per heavy atom. The van der Waals surface area contributed by atoms with Crippen molar-refractivity contribution in [1.82, 2.24) is 0 Å². The molecule has 0 bridgehead atoms. The third-order valence-corrected chi connectivity index (χ3v) is 4.48. The molecule has 0 spiro atoms. The van der Waals surface area contributed by atoms with E-state index in [4.69, 9.17) is 0 Å². The highest BCUT2D eigenvalue weighted by Crippen LogP contribution is 2.30. The molecule has 2 rings (SSSR count). The summed E-state index contributed by atoms with van der Waals surface area (Å²) < 4.78 is 64.1. The quantitative estimate of drug-likeness (QED) is 0.919. The lowest BCUT2D eigenvalue weighted by Gasteiger charge is -2.11. The number of hydrogen-bond acceptors (Lipinski definition) is 2. The number of halogens is 3. The predicted molar refractivity (Wildman–Crippen MR) is 78.1 cm³/mol. The molecule has 2 aromatic carbocycles. The standard InChI is InChI=1S/C15H14F3NO2S/c1-2-11-4-3-5-13(10-11)19-22(20,21)14-8-6-12(7-9-14)15(16,17)18/h3-10,19H,2H2,1H3. The molecule has 0 aromatic heterocycles. The van der Waals surface area contributed by atoms with Gasteiger partial charge in [-0.3, -0.25) is 4.72 Å². The van der Waals surface area contributed by atoms with Gasteiger partial charge in [0.25, 0.3) is 10.0 Å². The molecule has 0 amide bonds. The van der Waals surface area contributed by atoms with Gasteiger partial charge in [0.05, 0.1) is 10.5 Å². The van der Waals surface area contributed by atoms with Gasteiger partial charge in [0.2, 0.25) is 0 Å². The van der Waals surface area contributed by atoms with Crippen molar-refractivity contribution in [3.63, 3.8) is 0 Å². The van der Waals surface area contributed by atoms with E-state index in [2.05, 4.69) is 4.72 Å². The first kappa shape index (κ1) is 16.4. The average Bonchev–Trinajstić information content (AvgIpc) is 2.46. The first-order valence-corrected chi connectivity index (χ1v) is 8.00. The van der Waals surface area contributed by atoms with E-state index in [0.717, 1.165) is 36.2 Å². The van der Waals surface area contributed by atoms with Crippen molar-refractivity contribution in [2.24, 2.45) is 0 Å². The highest BCUT2D eigenvalue weighted by Gasteiger charge is 2.30. The maximum atomic E-state index is 12.5. The number of nitrogens with one attached hydrogen (secondary N) is 1. The van der Waals surface area contributed by atoms with E-state index >= 15 is 0 Å². The number of benzene rings is 2. The summed E-state index contributed by atoms with van der Waals surface area (Å²) in [5.74, 6) is 0. The van der Waals surface area contributed by atoms with E-state index in [9.17, 15) is 21.6 Å². The Balaban J connectivity index is 2.26. The van der Waals surface area contributed by atoms with Crippen molar-refractivity contribution in [2.75, 3.05) is 4.72 Å². The van der Waals surface area contributed by atoms with Gasteiger partial charge >= 0.3 is 6.18 Å². The van der Waals surface area contributed by atoms with Crippen LogP contribution in [-0.4, -0.2) is 8.42 Å². The van der Waals surface area contributed by atoms with Crippen molar-refractivity contribution >= 4 is 15.7 Å². The molecular formula is C15H14F3NO2S. The zero-order valence-corrected chi connectivity index (χ0v) is 12.5. The number of sulfonamides is 1. The molecule has 7 heteroatoms. The molecule has 3 nitrogen and oxygen atoms in total. The summed E-state index contributed by atoms with van der Waals surface area (Å²) in [4.78, 5) is -0.220. The Hall–Kier alpha value is -2.02. The highest BCUT2D eigenvalue weighted by atomic mass is 32.2. The normalized spacial score (nSPS) is 12.2. The smallest absolute Gasteiger partial charge is 0.280 e. The van der Waals surface area contributed by atoms with Crippen LogP contribution in [0.4, 0.5) is 18.9 Å². The summed E-state index contributed by atoms with van der Waals surface area (Å²) >= 11 is 0. The number of alkyl halides is 3. The molecule has 1 N–H and O–H groups in total. The van der Waals surface area contributed by atoms with Crippen LogP contribution in [0.5, 0.6) is 0 Å². The second-order valence-corrected chi connectivity index (χ2v) is 6.36. The second-order valence-electron chi connectivity index (χ2n) is 4.68. The molecule has 0 radical (unpaired) electrons. The van der Waals surface area contributed by atoms with Gasteiger partial charge in [-0.2, -0.15) is 13.2 Å². The second kappa shape index (κ2) is 6.00. The summed E-state index contributed by atoms with van der Waals surface area (Å²) in [7, 11) is -3.92. The molecule has 22 heavy (non-hydrogen) atoms. The SMILES string of the molecule is CCc1cccc(NS(=O)(=O)c2ccc(C(F)(F)F)cc2)c1. The van der Waals surface area contributed by atoms with Crippen molar-refractivity contribution < 1.29 is 21.6 Å². The van der Waals surface area contributed by atoms with Crippen LogP contribution in [0.3, 0.4) is 0 Å². The minimum absolute atomic E-state index is 0.220. The van der Waals surface area contributed by atoms with E-state index < -0.39 is 21.8 Å². The van der Waals surface area contributed by atoms with Crippen LogP contribution >= 0.6 is 0 Å². The van der Waals surface area contributed by atoms with Gasteiger partial charge in [-0.05, 0) is 48.4 Å². The van der Waals surface area contributed by atoms with Gasteiger partial charge in [0.1, 0.15) is 0 Å². The monoisotopic (exact) mass is 329 g/mol. The van der Waals surface area contributed by atoms with Gasteiger partial charge in [0, 0.05) is 5.69 Å². The lowest BCUT2D eigenvalue weighted by Crippen LogP contribution is -2.13. The van der Waals surface area contributed by atoms with Gasteiger partial charge in [-0.15, -0.1) is 0 Å². The first-order chi connectivity index (χ1) is 10.2. The van der Waals surface area contributed by atoms with E-state index in [0.29, 0.717) is 5.69 Å². The maximum absolute atomic E-state index is 12.5. The maximum Gasteiger partial charge on any atom is 0.416 e. The molecule has 2 aromatic rings. The molecule has 0 atom stereocenters. The summed E-state index contributed by atoms with van der Waals surface area (Å²) in [6.07, 6.45) is -3.75. The van der Waals surface area contributed by atoms with Crippen LogP contribution < -0.4 is 4.72 Å². The van der Waals surface area contributed by atoms with E-state index in [1.165, 1.54) is 0 Å². The largest absolute Gasteiger partial charge is 0.416 e. The predicted octanol–water partition coefficient (Wildman–Crippen LogP) is 4.07. The summed E-state index contributed by atoms with van der Waals surface area (Å²) in [5.41, 5.74) is 0.436. The molecular weight excluding hydrogens is 315 g/mol. The Morgan fingerprint density at radius 1 is 1.05 bits per heavy atom. The van der Waals surface area contributed by atoms with Gasteiger partial charge in [0.15, 0.2) is 0 Å². The Kier molecular flexibility index (Phi) is 4.46. The van der Waals surface area contributed by atoms with Gasteiger partial charge in [-0.1, -0.05) is 19.1 Å². The zero-order chi connectivity index (χ0) is 16.4. The fourth-order valence-electron chi connectivity index (χ4n) is 1.89. The number of hydrogen-bond donors (Lipinski definition) is 1. The number of aryl methyl sites for hydroxylation is 1. The topological polar surface area (TPSA) is 46.2 Å². The minimum Gasteiger partial charge on any atom is -0.280 e. The van der Waals surface area contributed by atoms with Crippen LogP contribution in [0.15, 0.2) is 53.4 Å². The molecule has 0 aliphatic carbocycles. The van der Waals surface area contributed by atoms with Crippen molar-refractivity contribution in [3.8, 4) is 0 Å². The fourth-order valence-corrected chi connectivity index (χ4v) is 2.94. The molecule has 118 valence electrons. The van der Waals surface area contributed by atoms with Crippen molar-refractivity contribution in [2.45, 2.75) is 24.4 Å². The number of rotatable bonds is 4. The van der Waals surface area contributed by atoms with Crippen LogP contribution in [0, 0.1) is 0 Å². The molecule has 0 unspecified atom stereocenters. The van der Waals surface area contributed by atoms with Crippen LogP contribution in [-0.2, 0) is 22.6 Å². The summed E-state index contributed by atoms with van der Waals surface area (Å²) in [6.45, 7) is 1.93. The third-order valence-electron chi connectivity index (χ3n) is 3.08. The molecule has 0 aliphatic rings. The number of anilines is 1. The first-order valence-electron chi connectivity index (χ1n) is 6.51. The molecule has 0 saturated heterocycles. The highest BCUT2D eigenvalue weighted by molar-refractivity contribution is 7.92. The minimum atomic E-state index is -4.49. The third kappa shape index (κ3) is 3.79. The van der Waals surface area contributed by atoms with Crippen LogP contribution in [0.25, 0.3) is 0 Å². The van der Waals surface area contributed by atoms with E-state index in [-0.39, 0.29) is 4.90 Å². The molecule has 0 fully saturated rings. The molecule has 0 heterocycles. The average molecular weight is 329 g/mol. The lowest BCUT2D eigenvalue weighted by molar-refractivity contribution is -0.137. The molecule has 0 aliphatic heterocycles. The zero-order valence-electron chi connectivity index (χ0n) is 11.7. The Morgan fingerprint density at radius 3 is 2.23 bits per heavy atom. The van der Waals surface area contributed by atoms with Gasteiger partial charge in [-0.25, -0.2) is 8.42 Å². The fraction of sp³-hybridized carbons (Fsp3) is 0.200. The van der Waals surface area contributed by atoms with Crippen LogP contribution in [0.2, 0.25) is 0 Å².